The van der Waals surface area contributed by atoms with Crippen molar-refractivity contribution in [2.24, 2.45) is 5.50 Å². The molecule has 0 fully saturated rings. The van der Waals surface area contributed by atoms with Crippen molar-refractivity contribution < 1.29 is 0 Å². The summed E-state index contributed by atoms with van der Waals surface area (Å²) in [6.07, 6.45) is 0. The minimum atomic E-state index is 0.0106. The van der Waals surface area contributed by atoms with Crippen molar-refractivity contribution in [2.45, 2.75) is 0 Å². The third kappa shape index (κ3) is 1.29. The van der Waals surface area contributed by atoms with E-state index >= 15 is 0 Å². The van der Waals surface area contributed by atoms with E-state index in [0.29, 0.717) is 0 Å². The Hall–Kier alpha value is -0.390. The summed E-state index contributed by atoms with van der Waals surface area (Å²) < 4.78 is 0. The normalized spacial score (nSPS) is 10.6. The third-order valence-electron chi connectivity index (χ3n) is 0.992. The van der Waals surface area contributed by atoms with Gasteiger partial charge < -0.3 is 0 Å². The van der Waals surface area contributed by atoms with E-state index in [1.54, 1.807) is 0 Å². The van der Waals surface area contributed by atoms with Gasteiger partial charge in [0.2, 0.25) is 0 Å². The Bertz CT molecular complexity index is 150. The van der Waals surface area contributed by atoms with Crippen LogP contribution in [0, 0.1) is 0 Å². The van der Waals surface area contributed by atoms with Crippen LogP contribution in [0.15, 0.2) is 30.3 Å². The highest BCUT2D eigenvalue weighted by Gasteiger charge is 1.87. The van der Waals surface area contributed by atoms with Crippen LogP contribution in [0.2, 0.25) is 0 Å². The first-order valence-corrected chi connectivity index (χ1v) is 3.78. The van der Waals surface area contributed by atoms with Crippen molar-refractivity contribution in [2.75, 3.05) is 0 Å². The SMILES string of the molecule is N[PH2+]c1ccccc1. The molecule has 0 saturated heterocycles. The molecule has 0 aliphatic heterocycles. The predicted octanol–water partition coefficient (Wildman–Crippen LogP) is 0.596. The Morgan fingerprint density at radius 1 is 1.12 bits per heavy atom. The molecule has 0 aliphatic carbocycles. The zero-order valence-electron chi connectivity index (χ0n) is 4.54. The standard InChI is InChI=1S/C6H8NP/c7-8-6-4-2-1-3-5-6/h1-5,8H,7H2/p+1. The van der Waals surface area contributed by atoms with Gasteiger partial charge >= 0.3 is 0 Å². The minimum absolute atomic E-state index is 0.0106. The van der Waals surface area contributed by atoms with Gasteiger partial charge in [-0.3, -0.25) is 0 Å². The van der Waals surface area contributed by atoms with Crippen molar-refractivity contribution in [3.63, 3.8) is 0 Å². The molecule has 0 saturated carbocycles. The van der Waals surface area contributed by atoms with E-state index in [9.17, 15) is 0 Å². The molecular weight excluding hydrogens is 117 g/mol. The molecule has 0 spiro atoms. The van der Waals surface area contributed by atoms with Gasteiger partial charge in [-0.25, -0.2) is 5.50 Å². The Kier molecular flexibility index (Phi) is 2.01. The monoisotopic (exact) mass is 126 g/mol. The molecule has 0 amide bonds. The Labute approximate surface area is 50.7 Å². The van der Waals surface area contributed by atoms with Gasteiger partial charge in [-0.2, -0.15) is 0 Å². The van der Waals surface area contributed by atoms with Crippen molar-refractivity contribution in [1.82, 2.24) is 0 Å². The summed E-state index contributed by atoms with van der Waals surface area (Å²) in [5.74, 6) is 0. The summed E-state index contributed by atoms with van der Waals surface area (Å²) in [7, 11) is 0.0106. The van der Waals surface area contributed by atoms with Crippen molar-refractivity contribution >= 4 is 14.0 Å². The molecule has 1 aromatic carbocycles. The largest absolute Gasteiger partial charge is 0.204 e. The van der Waals surface area contributed by atoms with Crippen LogP contribution in [0.1, 0.15) is 0 Å². The smallest absolute Gasteiger partial charge is 0.106 e. The summed E-state index contributed by atoms with van der Waals surface area (Å²) in [5, 5.41) is 1.27. The van der Waals surface area contributed by atoms with E-state index in [-0.39, 0.29) is 8.73 Å². The van der Waals surface area contributed by atoms with Gasteiger partial charge in [0.05, 0.1) is 8.73 Å². The fraction of sp³-hybridized carbons (Fsp3) is 0. The quantitative estimate of drug-likeness (QED) is 0.548. The molecule has 42 valence electrons. The molecule has 1 nitrogen and oxygen atoms in total. The average Bonchev–Trinajstić information content (AvgIpc) is 1.90. The van der Waals surface area contributed by atoms with Crippen LogP contribution in [0.25, 0.3) is 0 Å². The molecule has 8 heavy (non-hydrogen) atoms. The van der Waals surface area contributed by atoms with Crippen LogP contribution < -0.4 is 10.8 Å². The van der Waals surface area contributed by atoms with Gasteiger partial charge in [0.1, 0.15) is 5.30 Å². The van der Waals surface area contributed by atoms with Crippen LogP contribution in [0.4, 0.5) is 0 Å². The molecule has 1 rings (SSSR count). The average molecular weight is 126 g/mol. The highest BCUT2D eigenvalue weighted by atomic mass is 31.1. The molecule has 0 heterocycles. The molecule has 2 heteroatoms. The first-order valence-electron chi connectivity index (χ1n) is 2.53. The van der Waals surface area contributed by atoms with Gasteiger partial charge in [0.25, 0.3) is 0 Å². The second-order valence-electron chi connectivity index (χ2n) is 1.58. The summed E-state index contributed by atoms with van der Waals surface area (Å²) >= 11 is 0. The molecule has 0 aromatic heterocycles. The lowest BCUT2D eigenvalue weighted by atomic mass is 10.4. The number of hydrogen-bond acceptors (Lipinski definition) is 1. The van der Waals surface area contributed by atoms with E-state index in [4.69, 9.17) is 5.50 Å². The van der Waals surface area contributed by atoms with E-state index in [0.717, 1.165) is 0 Å². The van der Waals surface area contributed by atoms with Gasteiger partial charge in [-0.1, -0.05) is 18.2 Å². The summed E-state index contributed by atoms with van der Waals surface area (Å²) in [6, 6.07) is 10.1. The summed E-state index contributed by atoms with van der Waals surface area (Å²) in [6.45, 7) is 0. The molecule has 2 N–H and O–H groups in total. The van der Waals surface area contributed by atoms with Crippen LogP contribution in [0.3, 0.4) is 0 Å². The van der Waals surface area contributed by atoms with Gasteiger partial charge in [-0.05, 0) is 12.1 Å². The lowest BCUT2D eigenvalue weighted by molar-refractivity contribution is 1.77. The van der Waals surface area contributed by atoms with Crippen LogP contribution in [-0.4, -0.2) is 0 Å². The second-order valence-corrected chi connectivity index (χ2v) is 2.58. The van der Waals surface area contributed by atoms with Crippen LogP contribution >= 0.6 is 8.73 Å². The maximum Gasteiger partial charge on any atom is 0.106 e. The molecular formula is C6H9NP+. The third-order valence-corrected chi connectivity index (χ3v) is 1.76. The second kappa shape index (κ2) is 2.81. The van der Waals surface area contributed by atoms with E-state index in [1.165, 1.54) is 5.30 Å². The lowest BCUT2D eigenvalue weighted by Gasteiger charge is -1.83. The molecule has 1 aromatic rings. The summed E-state index contributed by atoms with van der Waals surface area (Å²) in [5.41, 5.74) is 5.43. The maximum atomic E-state index is 5.43. The van der Waals surface area contributed by atoms with Crippen molar-refractivity contribution in [1.29, 1.82) is 0 Å². The van der Waals surface area contributed by atoms with Crippen LogP contribution in [-0.2, 0) is 0 Å². The highest BCUT2D eigenvalue weighted by molar-refractivity contribution is 7.44. The van der Waals surface area contributed by atoms with Gasteiger partial charge in [0.15, 0.2) is 0 Å². The molecule has 0 aliphatic rings. The zero-order chi connectivity index (χ0) is 5.82. The first-order chi connectivity index (χ1) is 3.93. The number of benzene rings is 1. The first kappa shape index (κ1) is 5.74. The zero-order valence-corrected chi connectivity index (χ0v) is 5.70. The molecule has 1 atom stereocenters. The Morgan fingerprint density at radius 3 is 2.12 bits per heavy atom. The minimum Gasteiger partial charge on any atom is -0.204 e. The van der Waals surface area contributed by atoms with E-state index in [1.807, 2.05) is 18.2 Å². The summed E-state index contributed by atoms with van der Waals surface area (Å²) in [4.78, 5) is 0. The number of hydrogen-bond donors (Lipinski definition) is 1. The topological polar surface area (TPSA) is 26.0 Å². The van der Waals surface area contributed by atoms with E-state index in [2.05, 4.69) is 12.1 Å². The van der Waals surface area contributed by atoms with Crippen molar-refractivity contribution in [3.05, 3.63) is 30.3 Å². The van der Waals surface area contributed by atoms with Crippen molar-refractivity contribution in [3.8, 4) is 0 Å². The highest BCUT2D eigenvalue weighted by Crippen LogP contribution is 1.95. The number of rotatable bonds is 1. The van der Waals surface area contributed by atoms with E-state index < -0.39 is 0 Å². The number of nitrogens with two attached hydrogens (primary N) is 1. The lowest BCUT2D eigenvalue weighted by Crippen LogP contribution is -1.94. The molecule has 0 radical (unpaired) electrons. The fourth-order valence-electron chi connectivity index (χ4n) is 0.564. The predicted molar refractivity (Wildman–Crippen MR) is 40.0 cm³/mol. The Morgan fingerprint density at radius 2 is 1.75 bits per heavy atom. The van der Waals surface area contributed by atoms with Gasteiger partial charge in [-0.15, -0.1) is 0 Å². The fourth-order valence-corrected chi connectivity index (χ4v) is 1.01. The van der Waals surface area contributed by atoms with Crippen LogP contribution in [0.5, 0.6) is 0 Å². The molecule has 0 bridgehead atoms. The maximum absolute atomic E-state index is 5.43. The molecule has 1 unspecified atom stereocenters. The van der Waals surface area contributed by atoms with Gasteiger partial charge in [0, 0.05) is 0 Å². The Balaban J connectivity index is 2.83.